The largest absolute Gasteiger partial charge is 0.489 e. The second-order valence-corrected chi connectivity index (χ2v) is 8.34. The number of thioether (sulfide) groups is 1. The Labute approximate surface area is 161 Å². The van der Waals surface area contributed by atoms with E-state index in [2.05, 4.69) is 0 Å². The van der Waals surface area contributed by atoms with Crippen molar-refractivity contribution in [1.29, 1.82) is 0 Å². The molecular formula is C21H32O4S. The molecule has 0 radical (unpaired) electrons. The zero-order chi connectivity index (χ0) is 18.9. The maximum atomic E-state index is 12.5. The molecule has 2 rings (SSSR count). The van der Waals surface area contributed by atoms with Gasteiger partial charge in [-0.3, -0.25) is 9.59 Å². The van der Waals surface area contributed by atoms with E-state index in [1.165, 1.54) is 83.8 Å². The van der Waals surface area contributed by atoms with E-state index >= 15 is 0 Å². The average molecular weight is 381 g/mol. The van der Waals surface area contributed by atoms with Crippen molar-refractivity contribution in [2.45, 2.75) is 71.1 Å². The van der Waals surface area contributed by atoms with Crippen molar-refractivity contribution in [2.24, 2.45) is 5.92 Å². The minimum Gasteiger partial charge on any atom is -0.489 e. The van der Waals surface area contributed by atoms with Crippen molar-refractivity contribution in [3.63, 3.8) is 0 Å². The van der Waals surface area contributed by atoms with E-state index in [4.69, 9.17) is 9.47 Å². The van der Waals surface area contributed by atoms with E-state index in [-0.39, 0.29) is 23.1 Å². The Balaban J connectivity index is 1.71. The van der Waals surface area contributed by atoms with Crippen molar-refractivity contribution in [3.05, 3.63) is 22.0 Å². The van der Waals surface area contributed by atoms with Gasteiger partial charge in [0.1, 0.15) is 0 Å². The van der Waals surface area contributed by atoms with Crippen LogP contribution in [0.15, 0.2) is 22.0 Å². The molecule has 1 fully saturated rings. The monoisotopic (exact) mass is 380 g/mol. The zero-order valence-electron chi connectivity index (χ0n) is 16.4. The minimum absolute atomic E-state index is 0.0158. The van der Waals surface area contributed by atoms with Crippen molar-refractivity contribution in [2.75, 3.05) is 20.0 Å². The Morgan fingerprint density at radius 2 is 1.50 bits per heavy atom. The number of Topliss-reactive ketones (excluding diaryl/α,β-unsaturated/α-hetero) is 2. The van der Waals surface area contributed by atoms with Crippen LogP contribution in [0.4, 0.5) is 0 Å². The summed E-state index contributed by atoms with van der Waals surface area (Å²) in [7, 11) is 2.78. The lowest BCUT2D eigenvalue weighted by molar-refractivity contribution is -0.120. The summed E-state index contributed by atoms with van der Waals surface area (Å²) in [5.74, 6) is 1.38. The normalized spacial score (nSPS) is 19.3. The molecule has 0 atom stereocenters. The average Bonchev–Trinajstić information content (AvgIpc) is 2.66. The third-order valence-electron chi connectivity index (χ3n) is 5.39. The Morgan fingerprint density at radius 3 is 2.15 bits per heavy atom. The first-order chi connectivity index (χ1) is 12.6. The second-order valence-electron chi connectivity index (χ2n) is 7.23. The third kappa shape index (κ3) is 5.38. The first-order valence-electron chi connectivity index (χ1n) is 9.85. The standard InChI is InChI=1S/C21H32O4S/c1-15-17(22)19(24-2)20(25-3)18(23)21(15)26-14-10-5-4-7-11-16-12-8-6-9-13-16/h16H,4-14H2,1-3H3. The van der Waals surface area contributed by atoms with E-state index in [0.29, 0.717) is 10.5 Å². The van der Waals surface area contributed by atoms with Gasteiger partial charge in [0.2, 0.25) is 23.1 Å². The molecular weight excluding hydrogens is 348 g/mol. The lowest BCUT2D eigenvalue weighted by Crippen LogP contribution is -2.24. The van der Waals surface area contributed by atoms with Gasteiger partial charge < -0.3 is 9.47 Å². The van der Waals surface area contributed by atoms with Crippen LogP contribution in [0.2, 0.25) is 0 Å². The Kier molecular flexibility index (Phi) is 8.76. The Hall–Kier alpha value is -1.23. The van der Waals surface area contributed by atoms with E-state index in [1.54, 1.807) is 6.92 Å². The number of methoxy groups -OCH3 is 2. The highest BCUT2D eigenvalue weighted by Crippen LogP contribution is 2.33. The highest BCUT2D eigenvalue weighted by molar-refractivity contribution is 8.04. The Bertz CT molecular complexity index is 571. The second kappa shape index (κ2) is 10.8. The summed E-state index contributed by atoms with van der Waals surface area (Å²) in [5, 5.41) is 0. The van der Waals surface area contributed by atoms with Gasteiger partial charge in [0.05, 0.1) is 19.1 Å². The summed E-state index contributed by atoms with van der Waals surface area (Å²) < 4.78 is 10.2. The van der Waals surface area contributed by atoms with E-state index in [1.807, 2.05) is 0 Å². The van der Waals surface area contributed by atoms with Crippen molar-refractivity contribution in [1.82, 2.24) is 0 Å². The molecule has 0 aromatic rings. The summed E-state index contributed by atoms with van der Waals surface area (Å²) in [5.41, 5.74) is 0.468. The molecule has 0 N–H and O–H groups in total. The minimum atomic E-state index is -0.251. The van der Waals surface area contributed by atoms with E-state index in [0.717, 1.165) is 18.1 Å². The van der Waals surface area contributed by atoms with Gasteiger partial charge in [0.15, 0.2) is 0 Å². The summed E-state index contributed by atoms with van der Waals surface area (Å²) in [4.78, 5) is 25.4. The van der Waals surface area contributed by atoms with Crippen molar-refractivity contribution < 1.29 is 19.1 Å². The molecule has 0 aliphatic heterocycles. The van der Waals surface area contributed by atoms with E-state index < -0.39 is 0 Å². The lowest BCUT2D eigenvalue weighted by atomic mass is 9.85. The summed E-state index contributed by atoms with van der Waals surface area (Å²) in [6.45, 7) is 1.69. The van der Waals surface area contributed by atoms with Crippen LogP contribution in [-0.4, -0.2) is 31.5 Å². The van der Waals surface area contributed by atoms with Crippen LogP contribution >= 0.6 is 11.8 Å². The first kappa shape index (κ1) is 21.1. The quantitative estimate of drug-likeness (QED) is 0.386. The molecule has 2 aliphatic rings. The van der Waals surface area contributed by atoms with Crippen LogP contribution < -0.4 is 0 Å². The molecule has 0 spiro atoms. The molecule has 5 heteroatoms. The maximum Gasteiger partial charge on any atom is 0.238 e. The third-order valence-corrected chi connectivity index (χ3v) is 6.67. The SMILES string of the molecule is COC1=C(OC)C(=O)C(SCCCCCCC2CCCCC2)=C(C)C1=O. The van der Waals surface area contributed by atoms with Crippen LogP contribution in [-0.2, 0) is 19.1 Å². The number of carbonyl (C=O) groups excluding carboxylic acids is 2. The number of hydrogen-bond donors (Lipinski definition) is 0. The number of allylic oxidation sites excluding steroid dienone is 2. The number of unbranched alkanes of at least 4 members (excludes halogenated alkanes) is 3. The molecule has 0 aromatic heterocycles. The fourth-order valence-corrected chi connectivity index (χ4v) is 4.92. The van der Waals surface area contributed by atoms with Gasteiger partial charge in [-0.1, -0.05) is 57.8 Å². The van der Waals surface area contributed by atoms with Gasteiger partial charge in [0, 0.05) is 5.57 Å². The fourth-order valence-electron chi connectivity index (χ4n) is 3.84. The molecule has 0 amide bonds. The maximum absolute atomic E-state index is 12.5. The van der Waals surface area contributed by atoms with Crippen LogP contribution in [0.1, 0.15) is 71.1 Å². The summed E-state index contributed by atoms with van der Waals surface area (Å²) >= 11 is 1.47. The topological polar surface area (TPSA) is 52.6 Å². The van der Waals surface area contributed by atoms with Gasteiger partial charge in [-0.05, 0) is 25.0 Å². The van der Waals surface area contributed by atoms with E-state index in [9.17, 15) is 9.59 Å². The van der Waals surface area contributed by atoms with Crippen LogP contribution in [0, 0.1) is 5.92 Å². The molecule has 0 unspecified atom stereocenters. The van der Waals surface area contributed by atoms with Gasteiger partial charge in [-0.2, -0.15) is 0 Å². The number of rotatable bonds is 10. The molecule has 0 saturated heterocycles. The molecule has 1 saturated carbocycles. The predicted octanol–water partition coefficient (Wildman–Crippen LogP) is 5.18. The number of hydrogen-bond acceptors (Lipinski definition) is 5. The van der Waals surface area contributed by atoms with Crippen LogP contribution in [0.25, 0.3) is 0 Å². The van der Waals surface area contributed by atoms with Gasteiger partial charge in [0.25, 0.3) is 0 Å². The number of ketones is 2. The predicted molar refractivity (Wildman–Crippen MR) is 106 cm³/mol. The molecule has 0 heterocycles. The molecule has 4 nitrogen and oxygen atoms in total. The number of carbonyl (C=O) groups is 2. The van der Waals surface area contributed by atoms with Gasteiger partial charge >= 0.3 is 0 Å². The van der Waals surface area contributed by atoms with Gasteiger partial charge in [-0.25, -0.2) is 0 Å². The summed E-state index contributed by atoms with van der Waals surface area (Å²) in [6.07, 6.45) is 13.3. The van der Waals surface area contributed by atoms with Crippen LogP contribution in [0.3, 0.4) is 0 Å². The van der Waals surface area contributed by atoms with Crippen molar-refractivity contribution in [3.8, 4) is 0 Å². The molecule has 0 bridgehead atoms. The highest BCUT2D eigenvalue weighted by atomic mass is 32.2. The Morgan fingerprint density at radius 1 is 0.885 bits per heavy atom. The molecule has 26 heavy (non-hydrogen) atoms. The zero-order valence-corrected chi connectivity index (χ0v) is 17.2. The molecule has 146 valence electrons. The molecule has 0 aromatic carbocycles. The van der Waals surface area contributed by atoms with Crippen LogP contribution in [0.5, 0.6) is 0 Å². The summed E-state index contributed by atoms with van der Waals surface area (Å²) in [6, 6.07) is 0. The van der Waals surface area contributed by atoms with Gasteiger partial charge in [-0.15, -0.1) is 11.8 Å². The smallest absolute Gasteiger partial charge is 0.238 e. The first-order valence-corrected chi connectivity index (χ1v) is 10.8. The number of ether oxygens (including phenoxy) is 2. The highest BCUT2D eigenvalue weighted by Gasteiger charge is 2.34. The lowest BCUT2D eigenvalue weighted by Gasteiger charge is -2.21. The fraction of sp³-hybridized carbons (Fsp3) is 0.714. The van der Waals surface area contributed by atoms with Crippen molar-refractivity contribution >= 4 is 23.3 Å². The molecule has 2 aliphatic carbocycles.